The molecular weight excluding hydrogens is 454 g/mol. The third kappa shape index (κ3) is 4.78. The number of amides is 1. The van der Waals surface area contributed by atoms with Gasteiger partial charge in [0.25, 0.3) is 10.0 Å². The SMILES string of the molecule is CN(c1ccc2c(c1)nc(C(C)(C)C)n2CC1CCOCC1)S(=O)(=O)c1ccc(NC=O)nc1. The smallest absolute Gasteiger partial charge is 0.265 e. The van der Waals surface area contributed by atoms with Gasteiger partial charge < -0.3 is 14.6 Å². The van der Waals surface area contributed by atoms with Crippen LogP contribution in [0.5, 0.6) is 0 Å². The number of ether oxygens (including phenoxy) is 1. The molecule has 1 aliphatic rings. The number of benzene rings is 1. The normalized spacial score (nSPS) is 15.4. The summed E-state index contributed by atoms with van der Waals surface area (Å²) in [5, 5.41) is 2.40. The van der Waals surface area contributed by atoms with Crippen molar-refractivity contribution in [1.29, 1.82) is 0 Å². The quantitative estimate of drug-likeness (QED) is 0.513. The van der Waals surface area contributed by atoms with Gasteiger partial charge in [-0.2, -0.15) is 0 Å². The number of nitrogens with one attached hydrogen (secondary N) is 1. The van der Waals surface area contributed by atoms with Gasteiger partial charge in [-0.25, -0.2) is 18.4 Å². The Hall–Kier alpha value is -2.98. The van der Waals surface area contributed by atoms with Gasteiger partial charge in [-0.3, -0.25) is 9.10 Å². The number of pyridine rings is 1. The van der Waals surface area contributed by atoms with E-state index in [1.807, 2.05) is 18.2 Å². The second-order valence-corrected chi connectivity index (χ2v) is 11.6. The van der Waals surface area contributed by atoms with Crippen molar-refractivity contribution in [1.82, 2.24) is 14.5 Å². The predicted octanol–water partition coefficient (Wildman–Crippen LogP) is 3.55. The topological polar surface area (TPSA) is 106 Å². The first kappa shape index (κ1) is 24.2. The maximum atomic E-state index is 13.2. The average Bonchev–Trinajstić information content (AvgIpc) is 3.18. The third-order valence-corrected chi connectivity index (χ3v) is 7.92. The lowest BCUT2D eigenvalue weighted by Crippen LogP contribution is -2.26. The van der Waals surface area contributed by atoms with Gasteiger partial charge in [0.05, 0.1) is 16.7 Å². The van der Waals surface area contributed by atoms with Crippen molar-refractivity contribution < 1.29 is 17.9 Å². The van der Waals surface area contributed by atoms with Gasteiger partial charge in [-0.05, 0) is 49.1 Å². The largest absolute Gasteiger partial charge is 0.381 e. The highest BCUT2D eigenvalue weighted by molar-refractivity contribution is 7.92. The molecule has 1 aromatic carbocycles. The van der Waals surface area contributed by atoms with Gasteiger partial charge in [0.2, 0.25) is 6.41 Å². The van der Waals surface area contributed by atoms with Crippen molar-refractivity contribution in [3.63, 3.8) is 0 Å². The van der Waals surface area contributed by atoms with E-state index in [-0.39, 0.29) is 16.1 Å². The van der Waals surface area contributed by atoms with Crippen molar-refractivity contribution in [2.45, 2.75) is 50.5 Å². The maximum absolute atomic E-state index is 13.2. The summed E-state index contributed by atoms with van der Waals surface area (Å²) in [7, 11) is -2.33. The molecule has 10 heteroatoms. The Morgan fingerprint density at radius 1 is 1.21 bits per heavy atom. The van der Waals surface area contributed by atoms with Crippen LogP contribution in [0, 0.1) is 5.92 Å². The molecule has 3 aromatic rings. The Bertz CT molecular complexity index is 1270. The van der Waals surface area contributed by atoms with E-state index in [2.05, 4.69) is 35.6 Å². The predicted molar refractivity (Wildman–Crippen MR) is 131 cm³/mol. The first-order chi connectivity index (χ1) is 16.1. The number of hydrogen-bond donors (Lipinski definition) is 1. The summed E-state index contributed by atoms with van der Waals surface area (Å²) in [6.45, 7) is 8.87. The van der Waals surface area contributed by atoms with Gasteiger partial charge in [-0.15, -0.1) is 0 Å². The van der Waals surface area contributed by atoms with Crippen LogP contribution in [-0.4, -0.2) is 49.6 Å². The van der Waals surface area contributed by atoms with Gasteiger partial charge in [-0.1, -0.05) is 20.8 Å². The summed E-state index contributed by atoms with van der Waals surface area (Å²) in [5.74, 6) is 1.79. The minimum Gasteiger partial charge on any atom is -0.381 e. The number of hydrogen-bond acceptors (Lipinski definition) is 6. The number of carbonyl (C=O) groups is 1. The molecule has 9 nitrogen and oxygen atoms in total. The highest BCUT2D eigenvalue weighted by Gasteiger charge is 2.27. The Morgan fingerprint density at radius 3 is 2.56 bits per heavy atom. The number of sulfonamides is 1. The van der Waals surface area contributed by atoms with E-state index in [0.717, 1.165) is 49.5 Å². The molecule has 0 spiro atoms. The number of carbonyl (C=O) groups excluding carboxylic acids is 1. The molecule has 2 aromatic heterocycles. The van der Waals surface area contributed by atoms with E-state index in [1.165, 1.54) is 29.7 Å². The monoisotopic (exact) mass is 485 g/mol. The zero-order valence-electron chi connectivity index (χ0n) is 20.0. The first-order valence-electron chi connectivity index (χ1n) is 11.3. The number of imidazole rings is 1. The zero-order valence-corrected chi connectivity index (χ0v) is 20.8. The molecule has 1 fully saturated rings. The molecule has 0 bridgehead atoms. The molecule has 1 amide bonds. The Morgan fingerprint density at radius 2 is 1.94 bits per heavy atom. The van der Waals surface area contributed by atoms with Crippen LogP contribution in [-0.2, 0) is 31.5 Å². The molecule has 0 aliphatic carbocycles. The molecule has 1 aliphatic heterocycles. The second kappa shape index (κ2) is 9.34. The fraction of sp³-hybridized carbons (Fsp3) is 0.458. The standard InChI is InChI=1S/C24H31N5O4S/c1-24(2,3)23-27-20-13-18(5-7-21(20)29(23)15-17-9-11-33-12-10-17)28(4)34(31,32)19-6-8-22(25-14-19)26-16-30/h5-8,13-14,16-17H,9-12,15H2,1-4H3,(H,25,26,30). The number of aromatic nitrogens is 3. The number of rotatable bonds is 7. The molecule has 182 valence electrons. The molecule has 3 heterocycles. The minimum absolute atomic E-state index is 0.0342. The summed E-state index contributed by atoms with van der Waals surface area (Å²) in [5.41, 5.74) is 2.11. The van der Waals surface area contributed by atoms with E-state index in [0.29, 0.717) is 18.0 Å². The van der Waals surface area contributed by atoms with E-state index >= 15 is 0 Å². The van der Waals surface area contributed by atoms with Crippen molar-refractivity contribution >= 4 is 39.0 Å². The molecule has 34 heavy (non-hydrogen) atoms. The first-order valence-corrected chi connectivity index (χ1v) is 12.8. The van der Waals surface area contributed by atoms with Crippen LogP contribution in [0.1, 0.15) is 39.4 Å². The van der Waals surface area contributed by atoms with Crippen LogP contribution in [0.2, 0.25) is 0 Å². The fourth-order valence-corrected chi connectivity index (χ4v) is 5.37. The van der Waals surface area contributed by atoms with Crippen LogP contribution in [0.4, 0.5) is 11.5 Å². The number of nitrogens with zero attached hydrogens (tertiary/aromatic N) is 4. The molecule has 0 radical (unpaired) electrons. The van der Waals surface area contributed by atoms with Gasteiger partial charge >= 0.3 is 0 Å². The van der Waals surface area contributed by atoms with E-state index in [4.69, 9.17) is 9.72 Å². The van der Waals surface area contributed by atoms with Gasteiger partial charge in [0.1, 0.15) is 16.5 Å². The number of anilines is 2. The zero-order chi connectivity index (χ0) is 24.5. The highest BCUT2D eigenvalue weighted by Crippen LogP contribution is 2.32. The molecule has 0 unspecified atom stereocenters. The molecular formula is C24H31N5O4S. The van der Waals surface area contributed by atoms with Crippen LogP contribution in [0.3, 0.4) is 0 Å². The molecule has 1 saturated heterocycles. The van der Waals surface area contributed by atoms with Gasteiger partial charge in [0.15, 0.2) is 0 Å². The van der Waals surface area contributed by atoms with Crippen molar-refractivity contribution in [3.8, 4) is 0 Å². The van der Waals surface area contributed by atoms with Crippen molar-refractivity contribution in [2.75, 3.05) is 29.9 Å². The van der Waals surface area contributed by atoms with E-state index in [1.54, 1.807) is 0 Å². The molecule has 0 atom stereocenters. The van der Waals surface area contributed by atoms with Crippen LogP contribution in [0.25, 0.3) is 11.0 Å². The lowest BCUT2D eigenvalue weighted by atomic mass is 9.94. The average molecular weight is 486 g/mol. The lowest BCUT2D eigenvalue weighted by Gasteiger charge is -2.26. The minimum atomic E-state index is -3.84. The summed E-state index contributed by atoms with van der Waals surface area (Å²) < 4.78 is 35.4. The Kier molecular flexibility index (Phi) is 6.64. The summed E-state index contributed by atoms with van der Waals surface area (Å²) in [4.78, 5) is 19.5. The summed E-state index contributed by atoms with van der Waals surface area (Å²) >= 11 is 0. The Balaban J connectivity index is 1.69. The van der Waals surface area contributed by atoms with E-state index < -0.39 is 10.0 Å². The van der Waals surface area contributed by atoms with Crippen LogP contribution >= 0.6 is 0 Å². The summed E-state index contributed by atoms with van der Waals surface area (Å²) in [6, 6.07) is 8.45. The van der Waals surface area contributed by atoms with Crippen LogP contribution < -0.4 is 9.62 Å². The maximum Gasteiger partial charge on any atom is 0.265 e. The Labute approximate surface area is 200 Å². The van der Waals surface area contributed by atoms with Crippen molar-refractivity contribution in [3.05, 3.63) is 42.4 Å². The third-order valence-electron chi connectivity index (χ3n) is 6.15. The van der Waals surface area contributed by atoms with Crippen LogP contribution in [0.15, 0.2) is 41.4 Å². The number of fused-ring (bicyclic) bond motifs is 1. The van der Waals surface area contributed by atoms with Crippen molar-refractivity contribution in [2.24, 2.45) is 5.92 Å². The fourth-order valence-electron chi connectivity index (χ4n) is 4.23. The van der Waals surface area contributed by atoms with E-state index in [9.17, 15) is 13.2 Å². The second-order valence-electron chi connectivity index (χ2n) is 9.64. The highest BCUT2D eigenvalue weighted by atomic mass is 32.2. The molecule has 1 N–H and O–H groups in total. The lowest BCUT2D eigenvalue weighted by molar-refractivity contribution is -0.105. The molecule has 4 rings (SSSR count). The summed E-state index contributed by atoms with van der Waals surface area (Å²) in [6.07, 6.45) is 3.77. The molecule has 0 saturated carbocycles. The van der Waals surface area contributed by atoms with Gasteiger partial charge in [0, 0.05) is 38.4 Å².